The van der Waals surface area contributed by atoms with Crippen LogP contribution in [0.4, 0.5) is 0 Å². The second kappa shape index (κ2) is 15.2. The Hall–Kier alpha value is -0.780. The molecule has 0 heteroatoms. The number of hydrogen-bond acceptors (Lipinski definition) is 0. The van der Waals surface area contributed by atoms with Crippen LogP contribution in [0, 0.1) is 5.92 Å². The van der Waals surface area contributed by atoms with Crippen LogP contribution in [0.15, 0.2) is 30.3 Å². The molecule has 0 unspecified atom stereocenters. The van der Waals surface area contributed by atoms with Gasteiger partial charge in [0.05, 0.1) is 0 Å². The summed E-state index contributed by atoms with van der Waals surface area (Å²) in [4.78, 5) is 0. The lowest BCUT2D eigenvalue weighted by Crippen LogP contribution is -1.92. The van der Waals surface area contributed by atoms with Gasteiger partial charge in [0, 0.05) is 0 Å². The molecule has 0 bridgehead atoms. The van der Waals surface area contributed by atoms with Crippen molar-refractivity contribution in [2.45, 2.75) is 68.2 Å². The average Bonchev–Trinajstić information content (AvgIpc) is 2.20. The molecule has 0 saturated carbocycles. The molecule has 0 spiro atoms. The zero-order valence-electron chi connectivity index (χ0n) is 10.8. The molecule has 0 N–H and O–H groups in total. The van der Waals surface area contributed by atoms with Crippen molar-refractivity contribution >= 4 is 0 Å². The zero-order valence-corrected chi connectivity index (χ0v) is 10.8. The molecule has 0 atom stereocenters. The van der Waals surface area contributed by atoms with Crippen LogP contribution in [0.2, 0.25) is 0 Å². The third-order valence-electron chi connectivity index (χ3n) is 2.19. The van der Waals surface area contributed by atoms with Crippen LogP contribution in [0.5, 0.6) is 0 Å². The highest BCUT2D eigenvalue weighted by Crippen LogP contribution is 2.05. The van der Waals surface area contributed by atoms with E-state index in [0.717, 1.165) is 5.92 Å². The molecule has 1 rings (SSSR count). The van der Waals surface area contributed by atoms with Crippen LogP contribution < -0.4 is 0 Å². The van der Waals surface area contributed by atoms with Crippen molar-refractivity contribution in [1.82, 2.24) is 0 Å². The maximum Gasteiger partial charge on any atom is -0.0256 e. The van der Waals surface area contributed by atoms with E-state index in [4.69, 9.17) is 0 Å². The smallest absolute Gasteiger partial charge is 0.0256 e. The highest BCUT2D eigenvalue weighted by molar-refractivity contribution is 5.14. The van der Waals surface area contributed by atoms with Gasteiger partial charge in [-0.2, -0.15) is 0 Å². The second-order valence-electron chi connectivity index (χ2n) is 4.44. The van der Waals surface area contributed by atoms with Gasteiger partial charge in [0.2, 0.25) is 0 Å². The first kappa shape index (κ1) is 21.5. The van der Waals surface area contributed by atoms with E-state index in [1.807, 2.05) is 0 Å². The molecule has 1 aromatic carbocycles. The molecule has 0 nitrogen and oxygen atoms in total. The maximum absolute atomic E-state index is 2.24. The molecule has 0 aliphatic carbocycles. The summed E-state index contributed by atoms with van der Waals surface area (Å²) in [5, 5.41) is 0. The molecule has 0 saturated heterocycles. The van der Waals surface area contributed by atoms with Gasteiger partial charge in [-0.15, -0.1) is 0 Å². The summed E-state index contributed by atoms with van der Waals surface area (Å²) in [5.74, 6) is 0.766. The molecule has 0 aliphatic heterocycles. The highest BCUT2D eigenvalue weighted by Gasteiger charge is 1.94. The molecular weight excluding hydrogens is 204 g/mol. The minimum atomic E-state index is 0. The van der Waals surface area contributed by atoms with Crippen molar-refractivity contribution in [1.29, 1.82) is 0 Å². The lowest BCUT2D eigenvalue weighted by atomic mass is 10.0. The highest BCUT2D eigenvalue weighted by atomic mass is 14.0. The Labute approximate surface area is 110 Å². The normalized spacial score (nSPS) is 8.53. The molecule has 1 aromatic rings. The van der Waals surface area contributed by atoms with Gasteiger partial charge in [0.1, 0.15) is 0 Å². The maximum atomic E-state index is 2.24. The largest absolute Gasteiger partial charge is 0.0776 e. The van der Waals surface area contributed by atoms with Gasteiger partial charge in [0.15, 0.2) is 0 Å². The standard InChI is InChI=1S/C10H14.C5H12.2CH4/c1-9(2)8-10-6-4-3-5-7-10;1-3-5-4-2;;/h3-7,9H,8H2,1-2H3;3-5H2,1-2H3;2*1H4. The molecule has 0 amide bonds. The Morgan fingerprint density at radius 3 is 1.65 bits per heavy atom. The minimum absolute atomic E-state index is 0. The molecule has 0 fully saturated rings. The molecule has 0 aromatic heterocycles. The predicted octanol–water partition coefficient (Wildman–Crippen LogP) is 6.35. The molecule has 102 valence electrons. The zero-order chi connectivity index (χ0) is 11.5. The van der Waals surface area contributed by atoms with E-state index in [1.165, 1.54) is 31.2 Å². The van der Waals surface area contributed by atoms with Gasteiger partial charge < -0.3 is 0 Å². The van der Waals surface area contributed by atoms with E-state index in [1.54, 1.807) is 0 Å². The van der Waals surface area contributed by atoms with Crippen molar-refractivity contribution in [3.63, 3.8) is 0 Å². The fourth-order valence-electron chi connectivity index (χ4n) is 1.44. The Kier molecular flexibility index (Phi) is 19.2. The molecular formula is C17H34. The van der Waals surface area contributed by atoms with Crippen LogP contribution in [0.25, 0.3) is 0 Å². The Balaban J connectivity index is -0.000000247. The SMILES string of the molecule is C.C.CC(C)Cc1ccccc1.CCCCC. The topological polar surface area (TPSA) is 0 Å². The molecule has 0 aliphatic rings. The lowest BCUT2D eigenvalue weighted by molar-refractivity contribution is 0.647. The molecule has 0 radical (unpaired) electrons. The second-order valence-corrected chi connectivity index (χ2v) is 4.44. The van der Waals surface area contributed by atoms with Crippen LogP contribution >= 0.6 is 0 Å². The molecule has 17 heavy (non-hydrogen) atoms. The van der Waals surface area contributed by atoms with Crippen molar-refractivity contribution in [3.8, 4) is 0 Å². The average molecular weight is 238 g/mol. The minimum Gasteiger partial charge on any atom is -0.0776 e. The van der Waals surface area contributed by atoms with Crippen LogP contribution in [0.3, 0.4) is 0 Å². The van der Waals surface area contributed by atoms with E-state index < -0.39 is 0 Å². The quantitative estimate of drug-likeness (QED) is 0.573. The van der Waals surface area contributed by atoms with Gasteiger partial charge in [-0.25, -0.2) is 0 Å². The number of hydrogen-bond donors (Lipinski definition) is 0. The van der Waals surface area contributed by atoms with E-state index in [-0.39, 0.29) is 14.9 Å². The van der Waals surface area contributed by atoms with Gasteiger partial charge in [-0.3, -0.25) is 0 Å². The summed E-state index contributed by atoms with van der Waals surface area (Å²) < 4.78 is 0. The number of rotatable bonds is 4. The summed E-state index contributed by atoms with van der Waals surface area (Å²) in [5.41, 5.74) is 1.44. The number of benzene rings is 1. The van der Waals surface area contributed by atoms with E-state index >= 15 is 0 Å². The fourth-order valence-corrected chi connectivity index (χ4v) is 1.44. The Morgan fingerprint density at radius 2 is 1.35 bits per heavy atom. The van der Waals surface area contributed by atoms with Gasteiger partial charge in [-0.1, -0.05) is 92.1 Å². The van der Waals surface area contributed by atoms with Gasteiger partial charge in [-0.05, 0) is 17.9 Å². The summed E-state index contributed by atoms with van der Waals surface area (Å²) in [7, 11) is 0. The van der Waals surface area contributed by atoms with Crippen molar-refractivity contribution in [3.05, 3.63) is 35.9 Å². The first-order valence-corrected chi connectivity index (χ1v) is 6.24. The molecule has 0 heterocycles. The van der Waals surface area contributed by atoms with E-state index in [9.17, 15) is 0 Å². The lowest BCUT2D eigenvalue weighted by Gasteiger charge is -2.02. The van der Waals surface area contributed by atoms with E-state index in [2.05, 4.69) is 58.0 Å². The van der Waals surface area contributed by atoms with E-state index in [0.29, 0.717) is 0 Å². The third kappa shape index (κ3) is 15.2. The summed E-state index contributed by atoms with van der Waals surface area (Å²) >= 11 is 0. The summed E-state index contributed by atoms with van der Waals surface area (Å²) in [6.45, 7) is 8.91. The fraction of sp³-hybridized carbons (Fsp3) is 0.647. The van der Waals surface area contributed by atoms with Gasteiger partial charge >= 0.3 is 0 Å². The summed E-state index contributed by atoms with van der Waals surface area (Å²) in [6.07, 6.45) is 5.27. The third-order valence-corrected chi connectivity index (χ3v) is 2.19. The van der Waals surface area contributed by atoms with Gasteiger partial charge in [0.25, 0.3) is 0 Å². The van der Waals surface area contributed by atoms with Crippen LogP contribution in [0.1, 0.15) is 67.4 Å². The Morgan fingerprint density at radius 1 is 0.882 bits per heavy atom. The van der Waals surface area contributed by atoms with Crippen molar-refractivity contribution in [2.24, 2.45) is 5.92 Å². The predicted molar refractivity (Wildman–Crippen MR) is 83.6 cm³/mol. The first-order valence-electron chi connectivity index (χ1n) is 6.24. The van der Waals surface area contributed by atoms with Crippen molar-refractivity contribution in [2.75, 3.05) is 0 Å². The summed E-state index contributed by atoms with van der Waals surface area (Å²) in [6, 6.07) is 10.6. The Bertz CT molecular complexity index is 209. The van der Waals surface area contributed by atoms with Crippen molar-refractivity contribution < 1.29 is 0 Å². The van der Waals surface area contributed by atoms with Crippen LogP contribution in [-0.2, 0) is 6.42 Å². The number of unbranched alkanes of at least 4 members (excludes halogenated alkanes) is 2. The van der Waals surface area contributed by atoms with Crippen LogP contribution in [-0.4, -0.2) is 0 Å². The first-order chi connectivity index (χ1) is 7.20. The monoisotopic (exact) mass is 238 g/mol.